The number of aliphatic carboxylic acids is 1. The van der Waals surface area contributed by atoms with E-state index in [1.165, 1.54) is 0 Å². The summed E-state index contributed by atoms with van der Waals surface area (Å²) in [5, 5.41) is 12.3. The van der Waals surface area contributed by atoms with Crippen molar-refractivity contribution in [2.24, 2.45) is 17.8 Å². The van der Waals surface area contributed by atoms with Crippen LogP contribution >= 0.6 is 0 Å². The van der Waals surface area contributed by atoms with E-state index >= 15 is 0 Å². The number of carboxylic acids is 1. The molecule has 2 rings (SSSR count). The number of nitrogens with one attached hydrogen (secondary N) is 1. The lowest BCUT2D eigenvalue weighted by atomic mass is 9.99. The zero-order valence-corrected chi connectivity index (χ0v) is 10.3. The number of hydrogen-bond donors (Lipinski definition) is 2. The van der Waals surface area contributed by atoms with E-state index in [-0.39, 0.29) is 23.8 Å². The van der Waals surface area contributed by atoms with Crippen LogP contribution in [0.5, 0.6) is 0 Å². The number of hydrogen-bond acceptors (Lipinski definition) is 3. The van der Waals surface area contributed by atoms with Gasteiger partial charge in [-0.25, -0.2) is 0 Å². The second kappa shape index (κ2) is 4.64. The average molecular weight is 240 g/mol. The average Bonchev–Trinajstić information content (AvgIpc) is 2.83. The van der Waals surface area contributed by atoms with Gasteiger partial charge in [-0.3, -0.25) is 9.59 Å². The van der Waals surface area contributed by atoms with Gasteiger partial charge in [-0.2, -0.15) is 0 Å². The van der Waals surface area contributed by atoms with Gasteiger partial charge in [-0.15, -0.1) is 0 Å². The summed E-state index contributed by atoms with van der Waals surface area (Å²) >= 11 is 0. The highest BCUT2D eigenvalue weighted by atomic mass is 16.4. The Kier molecular flexibility index (Phi) is 3.38. The number of likely N-dealkylation sites (tertiary alicyclic amines) is 1. The Morgan fingerprint density at radius 2 is 1.94 bits per heavy atom. The van der Waals surface area contributed by atoms with E-state index in [0.717, 1.165) is 13.0 Å². The molecule has 96 valence electrons. The van der Waals surface area contributed by atoms with Gasteiger partial charge in [0.25, 0.3) is 0 Å². The molecule has 0 aliphatic carbocycles. The van der Waals surface area contributed by atoms with E-state index in [2.05, 4.69) is 5.32 Å². The van der Waals surface area contributed by atoms with E-state index in [4.69, 9.17) is 5.11 Å². The van der Waals surface area contributed by atoms with Gasteiger partial charge >= 0.3 is 5.97 Å². The van der Waals surface area contributed by atoms with Crippen molar-refractivity contribution in [3.05, 3.63) is 0 Å². The third kappa shape index (κ3) is 2.29. The molecule has 17 heavy (non-hydrogen) atoms. The summed E-state index contributed by atoms with van der Waals surface area (Å²) in [5.74, 6) is -0.983. The van der Waals surface area contributed by atoms with E-state index in [0.29, 0.717) is 13.1 Å². The summed E-state index contributed by atoms with van der Waals surface area (Å²) in [6, 6.07) is 0.210. The Morgan fingerprint density at radius 3 is 2.41 bits per heavy atom. The SMILES string of the molecule is CC1CN(C(=O)C2CCNC2C)CC1C(=O)O. The van der Waals surface area contributed by atoms with Crippen LogP contribution in [0, 0.1) is 17.8 Å². The van der Waals surface area contributed by atoms with E-state index in [1.54, 1.807) is 4.90 Å². The molecule has 0 aromatic heterocycles. The third-order valence-corrected chi connectivity index (χ3v) is 4.08. The third-order valence-electron chi connectivity index (χ3n) is 4.08. The summed E-state index contributed by atoms with van der Waals surface area (Å²) in [5.41, 5.74) is 0. The van der Waals surface area contributed by atoms with Crippen molar-refractivity contribution in [3.63, 3.8) is 0 Å². The standard InChI is InChI=1S/C12H20N2O3/c1-7-5-14(6-10(7)12(16)17)11(15)9-3-4-13-8(9)2/h7-10,13H,3-6H2,1-2H3,(H,16,17). The van der Waals surface area contributed by atoms with Gasteiger partial charge < -0.3 is 15.3 Å². The second-order valence-corrected chi connectivity index (χ2v) is 5.30. The molecule has 2 heterocycles. The Balaban J connectivity index is 2.00. The van der Waals surface area contributed by atoms with Crippen LogP contribution in [0.2, 0.25) is 0 Å². The number of amides is 1. The summed E-state index contributed by atoms with van der Waals surface area (Å²) in [7, 11) is 0. The van der Waals surface area contributed by atoms with Crippen LogP contribution < -0.4 is 5.32 Å². The van der Waals surface area contributed by atoms with Gasteiger partial charge in [0.15, 0.2) is 0 Å². The predicted molar refractivity (Wildman–Crippen MR) is 62.4 cm³/mol. The van der Waals surface area contributed by atoms with Gasteiger partial charge in [-0.05, 0) is 25.8 Å². The number of carboxylic acid groups (broad SMARTS) is 1. The second-order valence-electron chi connectivity index (χ2n) is 5.30. The van der Waals surface area contributed by atoms with Crippen LogP contribution in [0.1, 0.15) is 20.3 Å². The minimum atomic E-state index is -0.787. The lowest BCUT2D eigenvalue weighted by Crippen LogP contribution is -2.39. The topological polar surface area (TPSA) is 69.6 Å². The number of carbonyl (C=O) groups is 2. The molecule has 2 saturated heterocycles. The fourth-order valence-electron chi connectivity index (χ4n) is 2.90. The van der Waals surface area contributed by atoms with Crippen LogP contribution in [-0.4, -0.2) is 47.6 Å². The Labute approximate surface area is 101 Å². The molecule has 0 bridgehead atoms. The van der Waals surface area contributed by atoms with Gasteiger partial charge in [0.05, 0.1) is 11.8 Å². The van der Waals surface area contributed by atoms with Crippen LogP contribution in [0.25, 0.3) is 0 Å². The molecule has 0 spiro atoms. The molecule has 4 atom stereocenters. The quantitative estimate of drug-likeness (QED) is 0.721. The molecule has 5 nitrogen and oxygen atoms in total. The fraction of sp³-hybridized carbons (Fsp3) is 0.833. The summed E-state index contributed by atoms with van der Waals surface area (Å²) in [6.07, 6.45) is 0.864. The smallest absolute Gasteiger partial charge is 0.308 e. The van der Waals surface area contributed by atoms with Crippen LogP contribution in [-0.2, 0) is 9.59 Å². The normalized spacial score (nSPS) is 37.4. The monoisotopic (exact) mass is 240 g/mol. The molecular formula is C12H20N2O3. The highest BCUT2D eigenvalue weighted by molar-refractivity contribution is 5.81. The molecule has 0 radical (unpaired) electrons. The summed E-state index contributed by atoms with van der Waals surface area (Å²) in [6.45, 7) is 5.76. The van der Waals surface area contributed by atoms with Crippen molar-refractivity contribution in [2.45, 2.75) is 26.3 Å². The van der Waals surface area contributed by atoms with Gasteiger partial charge in [0, 0.05) is 19.1 Å². The zero-order valence-electron chi connectivity index (χ0n) is 10.3. The van der Waals surface area contributed by atoms with Crippen molar-refractivity contribution in [1.29, 1.82) is 0 Å². The largest absolute Gasteiger partial charge is 0.481 e. The molecule has 0 aromatic rings. The molecule has 2 aliphatic rings. The summed E-state index contributed by atoms with van der Waals surface area (Å²) in [4.78, 5) is 25.0. The van der Waals surface area contributed by atoms with Crippen molar-refractivity contribution >= 4 is 11.9 Å². The molecule has 4 unspecified atom stereocenters. The molecule has 5 heteroatoms. The van der Waals surface area contributed by atoms with E-state index in [9.17, 15) is 9.59 Å². The molecule has 2 N–H and O–H groups in total. The first kappa shape index (κ1) is 12.4. The Bertz CT molecular complexity index is 332. The van der Waals surface area contributed by atoms with Crippen molar-refractivity contribution in [1.82, 2.24) is 10.2 Å². The highest BCUT2D eigenvalue weighted by Crippen LogP contribution is 2.27. The number of nitrogens with zero attached hydrogens (tertiary/aromatic N) is 1. The van der Waals surface area contributed by atoms with E-state index in [1.807, 2.05) is 13.8 Å². The number of rotatable bonds is 2. The van der Waals surface area contributed by atoms with Crippen LogP contribution in [0.3, 0.4) is 0 Å². The minimum Gasteiger partial charge on any atom is -0.481 e. The van der Waals surface area contributed by atoms with Gasteiger partial charge in [0.2, 0.25) is 5.91 Å². The van der Waals surface area contributed by atoms with Crippen molar-refractivity contribution < 1.29 is 14.7 Å². The zero-order chi connectivity index (χ0) is 12.6. The fourth-order valence-corrected chi connectivity index (χ4v) is 2.90. The molecule has 0 aromatic carbocycles. The first-order valence-electron chi connectivity index (χ1n) is 6.25. The number of carbonyl (C=O) groups excluding carboxylic acids is 1. The first-order valence-corrected chi connectivity index (χ1v) is 6.25. The van der Waals surface area contributed by atoms with Crippen LogP contribution in [0.4, 0.5) is 0 Å². The maximum atomic E-state index is 12.3. The molecular weight excluding hydrogens is 220 g/mol. The lowest BCUT2D eigenvalue weighted by Gasteiger charge is -2.22. The van der Waals surface area contributed by atoms with Crippen molar-refractivity contribution in [2.75, 3.05) is 19.6 Å². The van der Waals surface area contributed by atoms with Gasteiger partial charge in [-0.1, -0.05) is 6.92 Å². The first-order chi connectivity index (χ1) is 8.00. The lowest BCUT2D eigenvalue weighted by molar-refractivity contribution is -0.142. The van der Waals surface area contributed by atoms with Crippen LogP contribution in [0.15, 0.2) is 0 Å². The maximum Gasteiger partial charge on any atom is 0.308 e. The molecule has 2 fully saturated rings. The Hall–Kier alpha value is -1.10. The predicted octanol–water partition coefficient (Wildman–Crippen LogP) is 0.164. The molecule has 0 saturated carbocycles. The van der Waals surface area contributed by atoms with Crippen molar-refractivity contribution in [3.8, 4) is 0 Å². The Morgan fingerprint density at radius 1 is 1.24 bits per heavy atom. The minimum absolute atomic E-state index is 0.0229. The highest BCUT2D eigenvalue weighted by Gasteiger charge is 2.40. The van der Waals surface area contributed by atoms with E-state index < -0.39 is 11.9 Å². The summed E-state index contributed by atoms with van der Waals surface area (Å²) < 4.78 is 0. The molecule has 2 aliphatic heterocycles. The molecule has 1 amide bonds. The maximum absolute atomic E-state index is 12.3. The van der Waals surface area contributed by atoms with Gasteiger partial charge in [0.1, 0.15) is 0 Å².